The zero-order valence-corrected chi connectivity index (χ0v) is 13.3. The maximum atomic E-state index is 11.8. The van der Waals surface area contributed by atoms with Gasteiger partial charge in [-0.3, -0.25) is 4.79 Å². The first kappa shape index (κ1) is 16.1. The number of carbonyl (C=O) groups is 1. The molecule has 0 aliphatic carbocycles. The van der Waals surface area contributed by atoms with Crippen molar-refractivity contribution in [2.75, 3.05) is 12.8 Å². The van der Waals surface area contributed by atoms with Gasteiger partial charge in [-0.1, -0.05) is 6.07 Å². The van der Waals surface area contributed by atoms with Gasteiger partial charge < -0.3 is 5.32 Å². The third-order valence-electron chi connectivity index (χ3n) is 2.10. The van der Waals surface area contributed by atoms with Crippen LogP contribution in [-0.4, -0.2) is 37.6 Å². The number of hydrogen-bond donors (Lipinski definition) is 2. The second-order valence-corrected chi connectivity index (χ2v) is 7.35. The highest BCUT2D eigenvalue weighted by molar-refractivity contribution is 9.10. The quantitative estimate of drug-likeness (QED) is 0.773. The van der Waals surface area contributed by atoms with Gasteiger partial charge in [0.2, 0.25) is 10.0 Å². The highest BCUT2D eigenvalue weighted by Gasteiger charge is 2.23. The molecule has 0 fully saturated rings. The summed E-state index contributed by atoms with van der Waals surface area (Å²) in [5, 5.41) is 2.64. The summed E-state index contributed by atoms with van der Waals surface area (Å²) in [4.78, 5) is 15.9. The van der Waals surface area contributed by atoms with Crippen LogP contribution in [-0.2, 0) is 10.0 Å². The van der Waals surface area contributed by atoms with Crippen LogP contribution < -0.4 is 10.0 Å². The molecule has 0 radical (unpaired) electrons. The fourth-order valence-electron chi connectivity index (χ4n) is 1.46. The first-order valence-corrected chi connectivity index (χ1v) is 8.17. The molecule has 0 saturated carbocycles. The van der Waals surface area contributed by atoms with Crippen LogP contribution in [0.2, 0.25) is 0 Å². The van der Waals surface area contributed by atoms with Crippen molar-refractivity contribution in [2.24, 2.45) is 0 Å². The van der Waals surface area contributed by atoms with E-state index in [0.29, 0.717) is 4.60 Å². The monoisotopic (exact) mass is 349 g/mol. The topological polar surface area (TPSA) is 88.2 Å². The van der Waals surface area contributed by atoms with Gasteiger partial charge in [0.1, 0.15) is 10.3 Å². The molecule has 6 nitrogen and oxygen atoms in total. The molecular weight excluding hydrogens is 334 g/mol. The van der Waals surface area contributed by atoms with E-state index in [0.717, 1.165) is 6.26 Å². The minimum atomic E-state index is -3.33. The van der Waals surface area contributed by atoms with Gasteiger partial charge in [0.25, 0.3) is 5.91 Å². The molecule has 0 unspecified atom stereocenters. The molecule has 2 N–H and O–H groups in total. The molecule has 1 aromatic heterocycles. The number of rotatable bonds is 5. The number of hydrogen-bond acceptors (Lipinski definition) is 4. The fourth-order valence-corrected chi connectivity index (χ4v) is 2.88. The van der Waals surface area contributed by atoms with Crippen molar-refractivity contribution in [3.8, 4) is 0 Å². The number of nitrogens with zero attached hydrogens (tertiary/aromatic N) is 1. The molecule has 19 heavy (non-hydrogen) atoms. The highest BCUT2D eigenvalue weighted by atomic mass is 79.9. The molecule has 1 heterocycles. The van der Waals surface area contributed by atoms with Crippen molar-refractivity contribution in [1.82, 2.24) is 15.0 Å². The Bertz CT molecular complexity index is 572. The Balaban J connectivity index is 2.64. The molecule has 0 aliphatic rings. The number of sulfonamides is 1. The molecule has 0 spiro atoms. The van der Waals surface area contributed by atoms with Crippen LogP contribution in [0.3, 0.4) is 0 Å². The van der Waals surface area contributed by atoms with Gasteiger partial charge >= 0.3 is 0 Å². The molecule has 0 atom stereocenters. The summed E-state index contributed by atoms with van der Waals surface area (Å²) in [5.74, 6) is -0.357. The van der Waals surface area contributed by atoms with Gasteiger partial charge in [0.05, 0.1) is 6.26 Å². The van der Waals surface area contributed by atoms with Crippen LogP contribution in [0, 0.1) is 0 Å². The summed E-state index contributed by atoms with van der Waals surface area (Å²) in [6.07, 6.45) is 1.08. The van der Waals surface area contributed by atoms with Crippen LogP contribution in [0.15, 0.2) is 22.8 Å². The third kappa shape index (κ3) is 6.13. The fraction of sp³-hybridized carbons (Fsp3) is 0.455. The second-order valence-electron chi connectivity index (χ2n) is 4.79. The van der Waals surface area contributed by atoms with Crippen LogP contribution in [0.4, 0.5) is 0 Å². The van der Waals surface area contributed by atoms with Crippen LogP contribution in [0.25, 0.3) is 0 Å². The summed E-state index contributed by atoms with van der Waals surface area (Å²) in [7, 11) is -3.33. The van der Waals surface area contributed by atoms with E-state index < -0.39 is 15.6 Å². The van der Waals surface area contributed by atoms with E-state index in [-0.39, 0.29) is 18.1 Å². The zero-order valence-electron chi connectivity index (χ0n) is 10.9. The molecule has 0 aliphatic heterocycles. The minimum absolute atomic E-state index is 0.160. The third-order valence-corrected chi connectivity index (χ3v) is 3.47. The van der Waals surface area contributed by atoms with Crippen molar-refractivity contribution in [2.45, 2.75) is 19.4 Å². The number of halogens is 1. The van der Waals surface area contributed by atoms with Crippen molar-refractivity contribution < 1.29 is 13.2 Å². The lowest BCUT2D eigenvalue weighted by molar-refractivity contribution is 0.0939. The highest BCUT2D eigenvalue weighted by Crippen LogP contribution is 2.07. The lowest BCUT2D eigenvalue weighted by Gasteiger charge is -2.25. The predicted octanol–water partition coefficient (Wildman–Crippen LogP) is 0.902. The lowest BCUT2D eigenvalue weighted by Crippen LogP contribution is -2.51. The normalized spacial score (nSPS) is 12.2. The summed E-state index contributed by atoms with van der Waals surface area (Å²) in [5.41, 5.74) is -0.501. The van der Waals surface area contributed by atoms with Gasteiger partial charge in [-0.15, -0.1) is 0 Å². The average Bonchev–Trinajstić information content (AvgIpc) is 2.22. The maximum absolute atomic E-state index is 11.8. The minimum Gasteiger partial charge on any atom is -0.349 e. The predicted molar refractivity (Wildman–Crippen MR) is 76.3 cm³/mol. The van der Waals surface area contributed by atoms with Gasteiger partial charge in [0.15, 0.2) is 0 Å². The smallest absolute Gasteiger partial charge is 0.269 e. The van der Waals surface area contributed by atoms with Crippen LogP contribution in [0.1, 0.15) is 24.3 Å². The van der Waals surface area contributed by atoms with Gasteiger partial charge in [-0.05, 0) is 41.9 Å². The number of pyridine rings is 1. The van der Waals surface area contributed by atoms with Crippen molar-refractivity contribution in [1.29, 1.82) is 0 Å². The average molecular weight is 350 g/mol. The first-order valence-electron chi connectivity index (χ1n) is 5.49. The maximum Gasteiger partial charge on any atom is 0.269 e. The Kier molecular flexibility index (Phi) is 5.05. The van der Waals surface area contributed by atoms with Crippen LogP contribution >= 0.6 is 15.9 Å². The Morgan fingerprint density at radius 2 is 2.05 bits per heavy atom. The molecule has 1 aromatic rings. The number of amides is 1. The van der Waals surface area contributed by atoms with Crippen molar-refractivity contribution >= 4 is 31.9 Å². The number of aromatic nitrogens is 1. The summed E-state index contributed by atoms with van der Waals surface area (Å²) in [6, 6.07) is 4.99. The van der Waals surface area contributed by atoms with Gasteiger partial charge in [-0.2, -0.15) is 0 Å². The van der Waals surface area contributed by atoms with Crippen LogP contribution in [0.5, 0.6) is 0 Å². The standard InChI is InChI=1S/C11H16BrN3O3S/c1-11(2,15-19(3,17)18)7-13-10(16)8-5-4-6-9(12)14-8/h4-6,15H,7H2,1-3H3,(H,13,16). The molecule has 1 amide bonds. The van der Waals surface area contributed by atoms with E-state index in [1.54, 1.807) is 32.0 Å². The summed E-state index contributed by atoms with van der Waals surface area (Å²) >= 11 is 3.18. The summed E-state index contributed by atoms with van der Waals surface area (Å²) < 4.78 is 25.3. The molecule has 1 rings (SSSR count). The number of nitrogens with one attached hydrogen (secondary N) is 2. The van der Waals surface area contributed by atoms with Crippen molar-refractivity contribution in [3.05, 3.63) is 28.5 Å². The Hall–Kier alpha value is -0.990. The molecule has 0 aromatic carbocycles. The van der Waals surface area contributed by atoms with E-state index in [2.05, 4.69) is 31.0 Å². The summed E-state index contributed by atoms with van der Waals surface area (Å²) in [6.45, 7) is 3.53. The second kappa shape index (κ2) is 5.98. The van der Waals surface area contributed by atoms with Gasteiger partial charge in [-0.25, -0.2) is 18.1 Å². The zero-order chi connectivity index (χ0) is 14.7. The molecule has 106 valence electrons. The SMILES string of the molecule is CC(C)(CNC(=O)c1cccc(Br)n1)NS(C)(=O)=O. The van der Waals surface area contributed by atoms with E-state index in [1.807, 2.05) is 0 Å². The Morgan fingerprint density at radius 3 is 2.58 bits per heavy atom. The van der Waals surface area contributed by atoms with E-state index in [4.69, 9.17) is 0 Å². The molecular formula is C11H16BrN3O3S. The van der Waals surface area contributed by atoms with Gasteiger partial charge in [0, 0.05) is 12.1 Å². The first-order chi connectivity index (χ1) is 8.59. The molecule has 8 heteroatoms. The van der Waals surface area contributed by atoms with E-state index in [1.165, 1.54) is 0 Å². The number of carbonyl (C=O) groups excluding carboxylic acids is 1. The lowest BCUT2D eigenvalue weighted by atomic mass is 10.1. The Morgan fingerprint density at radius 1 is 1.42 bits per heavy atom. The largest absolute Gasteiger partial charge is 0.349 e. The Labute approximate surface area is 121 Å². The molecule has 0 saturated heterocycles. The molecule has 0 bridgehead atoms. The van der Waals surface area contributed by atoms with E-state index >= 15 is 0 Å². The van der Waals surface area contributed by atoms with Crippen molar-refractivity contribution in [3.63, 3.8) is 0 Å². The van der Waals surface area contributed by atoms with E-state index in [9.17, 15) is 13.2 Å².